The van der Waals surface area contributed by atoms with E-state index in [0.717, 1.165) is 37.6 Å². The van der Waals surface area contributed by atoms with Gasteiger partial charge in [0.1, 0.15) is 0 Å². The van der Waals surface area contributed by atoms with E-state index in [4.69, 9.17) is 23.8 Å². The first kappa shape index (κ1) is 21.6. The zero-order chi connectivity index (χ0) is 21.0. The first-order valence-electron chi connectivity index (χ1n) is 9.79. The molecule has 2 N–H and O–H groups in total. The van der Waals surface area contributed by atoms with E-state index in [9.17, 15) is 4.79 Å². The molecule has 2 aromatic rings. The number of rotatable bonds is 4. The van der Waals surface area contributed by atoms with Crippen LogP contribution in [0.4, 0.5) is 11.4 Å². The number of carbonyl (C=O) groups excluding carboxylic acids is 1. The molecule has 2 aromatic carbocycles. The van der Waals surface area contributed by atoms with Crippen LogP contribution >= 0.6 is 23.8 Å². The van der Waals surface area contributed by atoms with Crippen molar-refractivity contribution < 1.29 is 4.79 Å². The Morgan fingerprint density at radius 1 is 1.07 bits per heavy atom. The highest BCUT2D eigenvalue weighted by molar-refractivity contribution is 7.80. The highest BCUT2D eigenvalue weighted by Gasteiger charge is 2.17. The molecule has 1 heterocycles. The predicted molar refractivity (Wildman–Crippen MR) is 125 cm³/mol. The van der Waals surface area contributed by atoms with E-state index in [-0.39, 0.29) is 11.0 Å². The van der Waals surface area contributed by atoms with E-state index >= 15 is 0 Å². The summed E-state index contributed by atoms with van der Waals surface area (Å²) < 4.78 is 0. The molecule has 0 unspecified atom stereocenters. The average Bonchev–Trinajstić information content (AvgIpc) is 2.69. The molecule has 7 heteroatoms. The third-order valence-electron chi connectivity index (χ3n) is 5.12. The largest absolute Gasteiger partial charge is 0.368 e. The first-order chi connectivity index (χ1) is 13.8. The Morgan fingerprint density at radius 2 is 1.72 bits per heavy atom. The van der Waals surface area contributed by atoms with Crippen LogP contribution in [0.25, 0.3) is 0 Å². The molecule has 0 saturated carbocycles. The summed E-state index contributed by atoms with van der Waals surface area (Å²) in [5.74, 6) is 0.186. The minimum atomic E-state index is -0.238. The van der Waals surface area contributed by atoms with Crippen molar-refractivity contribution in [1.82, 2.24) is 10.2 Å². The Labute approximate surface area is 183 Å². The van der Waals surface area contributed by atoms with Crippen LogP contribution < -0.4 is 15.5 Å². The number of carbonyl (C=O) groups is 1. The number of benzene rings is 2. The number of piperazine rings is 1. The third kappa shape index (κ3) is 5.69. The molecule has 0 spiro atoms. The molecule has 1 aliphatic heterocycles. The summed E-state index contributed by atoms with van der Waals surface area (Å²) in [5, 5.41) is 6.66. The van der Waals surface area contributed by atoms with Crippen LogP contribution in [0.3, 0.4) is 0 Å². The van der Waals surface area contributed by atoms with E-state index < -0.39 is 0 Å². The fourth-order valence-corrected chi connectivity index (χ4v) is 3.76. The van der Waals surface area contributed by atoms with E-state index in [2.05, 4.69) is 41.3 Å². The lowest BCUT2D eigenvalue weighted by Gasteiger charge is -2.34. The predicted octanol–water partition coefficient (Wildman–Crippen LogP) is 4.34. The van der Waals surface area contributed by atoms with Gasteiger partial charge in [-0.25, -0.2) is 0 Å². The lowest BCUT2D eigenvalue weighted by molar-refractivity contribution is 0.0977. The summed E-state index contributed by atoms with van der Waals surface area (Å²) in [6.45, 7) is 8.18. The van der Waals surface area contributed by atoms with Crippen molar-refractivity contribution in [3.05, 3.63) is 58.6 Å². The van der Waals surface area contributed by atoms with Crippen LogP contribution in [0.1, 0.15) is 35.7 Å². The fourth-order valence-electron chi connectivity index (χ4n) is 3.25. The summed E-state index contributed by atoms with van der Waals surface area (Å²) in [4.78, 5) is 17.0. The van der Waals surface area contributed by atoms with Crippen molar-refractivity contribution in [3.63, 3.8) is 0 Å². The van der Waals surface area contributed by atoms with Crippen LogP contribution in [-0.4, -0.2) is 49.1 Å². The Morgan fingerprint density at radius 3 is 2.31 bits per heavy atom. The maximum atomic E-state index is 12.4. The zero-order valence-corrected chi connectivity index (χ0v) is 18.6. The molecule has 1 fully saturated rings. The Hall–Kier alpha value is -2.15. The van der Waals surface area contributed by atoms with Crippen LogP contribution in [0.2, 0.25) is 5.02 Å². The molecule has 5 nitrogen and oxygen atoms in total. The second-order valence-corrected chi connectivity index (χ2v) is 8.46. The molecule has 1 amide bonds. The molecule has 29 heavy (non-hydrogen) atoms. The molecule has 0 radical (unpaired) electrons. The van der Waals surface area contributed by atoms with Gasteiger partial charge in [0.25, 0.3) is 5.91 Å². The number of amides is 1. The molecular weight excluding hydrogens is 404 g/mol. The van der Waals surface area contributed by atoms with Crippen LogP contribution in [0.5, 0.6) is 0 Å². The topological polar surface area (TPSA) is 47.6 Å². The molecule has 0 bridgehead atoms. The Bertz CT molecular complexity index is 877. The summed E-state index contributed by atoms with van der Waals surface area (Å²) >= 11 is 11.8. The molecule has 1 saturated heterocycles. The standard InChI is InChI=1S/C22H27ClN4OS/c1-15(2)16-4-6-17(7-5-16)21(28)25-22(29)24-18-8-9-20(19(23)14-18)27-12-10-26(3)11-13-27/h4-9,14-15H,10-13H2,1-3H3,(H2,24,25,28,29). The maximum Gasteiger partial charge on any atom is 0.257 e. The third-order valence-corrected chi connectivity index (χ3v) is 5.62. The van der Waals surface area contributed by atoms with E-state index in [1.54, 1.807) is 0 Å². The molecular formula is C22H27ClN4OS. The highest BCUT2D eigenvalue weighted by Crippen LogP contribution is 2.29. The second kappa shape index (κ2) is 9.57. The van der Waals surface area contributed by atoms with Gasteiger partial charge >= 0.3 is 0 Å². The SMILES string of the molecule is CC(C)c1ccc(C(=O)NC(=S)Nc2ccc(N3CCN(C)CC3)c(Cl)c2)cc1. The first-order valence-corrected chi connectivity index (χ1v) is 10.6. The van der Waals surface area contributed by atoms with Gasteiger partial charge in [-0.1, -0.05) is 37.6 Å². The van der Waals surface area contributed by atoms with Gasteiger partial charge in [-0.2, -0.15) is 0 Å². The molecule has 154 valence electrons. The van der Waals surface area contributed by atoms with Gasteiger partial charge in [0.15, 0.2) is 5.11 Å². The summed E-state index contributed by atoms with van der Waals surface area (Å²) in [6.07, 6.45) is 0. The van der Waals surface area contributed by atoms with Gasteiger partial charge in [-0.15, -0.1) is 0 Å². The zero-order valence-electron chi connectivity index (χ0n) is 17.0. The minimum Gasteiger partial charge on any atom is -0.368 e. The molecule has 3 rings (SSSR count). The maximum absolute atomic E-state index is 12.4. The smallest absolute Gasteiger partial charge is 0.257 e. The summed E-state index contributed by atoms with van der Waals surface area (Å²) in [6, 6.07) is 13.3. The quantitative estimate of drug-likeness (QED) is 0.706. The number of halogens is 1. The number of nitrogens with zero attached hydrogens (tertiary/aromatic N) is 2. The van der Waals surface area contributed by atoms with Crippen molar-refractivity contribution in [1.29, 1.82) is 0 Å². The van der Waals surface area contributed by atoms with Gasteiger partial charge < -0.3 is 15.1 Å². The van der Waals surface area contributed by atoms with E-state index in [1.165, 1.54) is 5.56 Å². The molecule has 0 aliphatic carbocycles. The van der Waals surface area contributed by atoms with Crippen LogP contribution in [0, 0.1) is 0 Å². The van der Waals surface area contributed by atoms with Crippen molar-refractivity contribution in [2.75, 3.05) is 43.4 Å². The number of anilines is 2. The number of hydrogen-bond donors (Lipinski definition) is 2. The number of thiocarbonyl (C=S) groups is 1. The van der Waals surface area contributed by atoms with Crippen molar-refractivity contribution in [3.8, 4) is 0 Å². The second-order valence-electron chi connectivity index (χ2n) is 7.64. The molecule has 0 aromatic heterocycles. The number of likely N-dealkylation sites (N-methyl/N-ethyl adjacent to an activating group) is 1. The monoisotopic (exact) mass is 430 g/mol. The van der Waals surface area contributed by atoms with Gasteiger partial charge in [-0.05, 0) is 61.1 Å². The van der Waals surface area contributed by atoms with E-state index in [1.807, 2.05) is 42.5 Å². The van der Waals surface area contributed by atoms with Gasteiger partial charge in [0, 0.05) is 37.4 Å². The number of hydrogen-bond acceptors (Lipinski definition) is 4. The number of nitrogens with one attached hydrogen (secondary N) is 2. The Balaban J connectivity index is 1.58. The lowest BCUT2D eigenvalue weighted by atomic mass is 10.0. The normalized spacial score (nSPS) is 14.7. The van der Waals surface area contributed by atoms with Gasteiger partial charge in [0.2, 0.25) is 0 Å². The van der Waals surface area contributed by atoms with Gasteiger partial charge in [-0.3, -0.25) is 10.1 Å². The summed E-state index contributed by atoms with van der Waals surface area (Å²) in [5.41, 5.74) is 3.53. The highest BCUT2D eigenvalue weighted by atomic mass is 35.5. The minimum absolute atomic E-state index is 0.238. The summed E-state index contributed by atoms with van der Waals surface area (Å²) in [7, 11) is 2.12. The fraction of sp³-hybridized carbons (Fsp3) is 0.364. The van der Waals surface area contributed by atoms with Crippen molar-refractivity contribution >= 4 is 46.2 Å². The van der Waals surface area contributed by atoms with Gasteiger partial charge in [0.05, 0.1) is 10.7 Å². The molecule has 1 aliphatic rings. The lowest BCUT2D eigenvalue weighted by Crippen LogP contribution is -2.44. The molecule has 0 atom stereocenters. The average molecular weight is 431 g/mol. The van der Waals surface area contributed by atoms with Crippen molar-refractivity contribution in [2.45, 2.75) is 19.8 Å². The van der Waals surface area contributed by atoms with E-state index in [0.29, 0.717) is 16.5 Å². The van der Waals surface area contributed by atoms with Crippen LogP contribution in [-0.2, 0) is 0 Å². The van der Waals surface area contributed by atoms with Crippen LogP contribution in [0.15, 0.2) is 42.5 Å². The van der Waals surface area contributed by atoms with Crippen molar-refractivity contribution in [2.24, 2.45) is 0 Å². The Kier molecular flexibility index (Phi) is 7.11.